The van der Waals surface area contributed by atoms with Crippen LogP contribution in [0.1, 0.15) is 0 Å². The minimum absolute atomic E-state index is 0.367. The molecule has 0 fully saturated rings. The van der Waals surface area contributed by atoms with Crippen molar-refractivity contribution in [3.05, 3.63) is 54.6 Å². The van der Waals surface area contributed by atoms with Crippen molar-refractivity contribution in [3.63, 3.8) is 0 Å². The van der Waals surface area contributed by atoms with Gasteiger partial charge in [0, 0.05) is 5.56 Å². The Hall–Kier alpha value is -3.35. The second-order valence-electron chi connectivity index (χ2n) is 4.72. The summed E-state index contributed by atoms with van der Waals surface area (Å²) in [6.07, 6.45) is 0. The number of hydrogen-bond acceptors (Lipinski definition) is 5. The minimum atomic E-state index is -1.01. The third-order valence-corrected chi connectivity index (χ3v) is 2.94. The largest absolute Gasteiger partial charge is 0.481 e. The fourth-order valence-corrected chi connectivity index (χ4v) is 1.95. The Bertz CT molecular complexity index is 731. The van der Waals surface area contributed by atoms with Crippen LogP contribution in [0.5, 0.6) is 5.75 Å². The molecule has 0 heterocycles. The number of urea groups is 1. The smallest absolute Gasteiger partial charge is 0.344 e. The van der Waals surface area contributed by atoms with Crippen LogP contribution in [0.4, 0.5) is 4.79 Å². The molecule has 0 radical (unpaired) electrons. The molecule has 2 aromatic carbocycles. The summed E-state index contributed by atoms with van der Waals surface area (Å²) in [5.41, 5.74) is 6.55. The summed E-state index contributed by atoms with van der Waals surface area (Å²) in [4.78, 5) is 33.2. The molecule has 0 bridgehead atoms. The highest BCUT2D eigenvalue weighted by atomic mass is 16.6. The SMILES string of the molecule is NC(=O)NC(=O)COC(=O)COc1ccccc1-c1ccccc1. The molecule has 3 amide bonds. The number of ether oxygens (including phenoxy) is 2. The van der Waals surface area contributed by atoms with Gasteiger partial charge in [0.25, 0.3) is 5.91 Å². The first-order valence-corrected chi connectivity index (χ1v) is 7.08. The van der Waals surface area contributed by atoms with Gasteiger partial charge in [-0.05, 0) is 11.6 Å². The number of para-hydroxylation sites is 1. The van der Waals surface area contributed by atoms with Crippen LogP contribution in [0.25, 0.3) is 11.1 Å². The van der Waals surface area contributed by atoms with Gasteiger partial charge in [0.1, 0.15) is 5.75 Å². The lowest BCUT2D eigenvalue weighted by Gasteiger charge is -2.11. The number of hydrogen-bond donors (Lipinski definition) is 2. The first-order chi connectivity index (χ1) is 11.6. The number of imide groups is 1. The molecule has 2 aromatic rings. The Kier molecular flexibility index (Phi) is 5.90. The zero-order valence-electron chi connectivity index (χ0n) is 12.7. The summed E-state index contributed by atoms with van der Waals surface area (Å²) in [6.45, 7) is -0.973. The third kappa shape index (κ3) is 5.13. The fraction of sp³-hybridized carbons (Fsp3) is 0.118. The molecule has 0 saturated carbocycles. The fourth-order valence-electron chi connectivity index (χ4n) is 1.95. The minimum Gasteiger partial charge on any atom is -0.481 e. The molecule has 0 saturated heterocycles. The van der Waals surface area contributed by atoms with E-state index in [4.69, 9.17) is 10.5 Å². The number of carbonyl (C=O) groups is 3. The maximum Gasteiger partial charge on any atom is 0.344 e. The molecule has 7 nitrogen and oxygen atoms in total. The van der Waals surface area contributed by atoms with E-state index in [0.29, 0.717) is 5.75 Å². The molecule has 0 atom stereocenters. The Morgan fingerprint density at radius 1 is 0.917 bits per heavy atom. The summed E-state index contributed by atoms with van der Waals surface area (Å²) in [5.74, 6) is -1.03. The second-order valence-corrected chi connectivity index (χ2v) is 4.72. The summed E-state index contributed by atoms with van der Waals surface area (Å²) >= 11 is 0. The van der Waals surface area contributed by atoms with E-state index in [1.165, 1.54) is 0 Å². The molecule has 124 valence electrons. The number of nitrogens with one attached hydrogen (secondary N) is 1. The van der Waals surface area contributed by atoms with Crippen LogP contribution in [0.3, 0.4) is 0 Å². The number of primary amides is 1. The molecular formula is C17H16N2O5. The Morgan fingerprint density at radius 2 is 1.58 bits per heavy atom. The van der Waals surface area contributed by atoms with Crippen LogP contribution in [-0.4, -0.2) is 31.1 Å². The van der Waals surface area contributed by atoms with Crippen molar-refractivity contribution in [3.8, 4) is 16.9 Å². The van der Waals surface area contributed by atoms with E-state index in [1.807, 2.05) is 42.5 Å². The van der Waals surface area contributed by atoms with Crippen molar-refractivity contribution in [2.45, 2.75) is 0 Å². The molecule has 0 spiro atoms. The Morgan fingerprint density at radius 3 is 2.29 bits per heavy atom. The van der Waals surface area contributed by atoms with Gasteiger partial charge in [0.05, 0.1) is 0 Å². The molecule has 0 aliphatic carbocycles. The average Bonchev–Trinajstić information content (AvgIpc) is 2.58. The van der Waals surface area contributed by atoms with Crippen LogP contribution < -0.4 is 15.8 Å². The van der Waals surface area contributed by atoms with E-state index in [0.717, 1.165) is 11.1 Å². The highest BCUT2D eigenvalue weighted by Gasteiger charge is 2.11. The Balaban J connectivity index is 1.92. The van der Waals surface area contributed by atoms with Crippen LogP contribution in [0.15, 0.2) is 54.6 Å². The average molecular weight is 328 g/mol. The lowest BCUT2D eigenvalue weighted by atomic mass is 10.1. The van der Waals surface area contributed by atoms with Crippen LogP contribution in [0, 0.1) is 0 Å². The molecule has 0 aliphatic rings. The molecular weight excluding hydrogens is 312 g/mol. The zero-order valence-corrected chi connectivity index (χ0v) is 12.7. The van der Waals surface area contributed by atoms with Gasteiger partial charge in [-0.15, -0.1) is 0 Å². The highest BCUT2D eigenvalue weighted by Crippen LogP contribution is 2.29. The number of benzene rings is 2. The number of esters is 1. The number of rotatable bonds is 6. The molecule has 24 heavy (non-hydrogen) atoms. The lowest BCUT2D eigenvalue weighted by Crippen LogP contribution is -2.38. The van der Waals surface area contributed by atoms with Gasteiger partial charge in [0.15, 0.2) is 13.2 Å². The van der Waals surface area contributed by atoms with Gasteiger partial charge in [-0.3, -0.25) is 10.1 Å². The first kappa shape index (κ1) is 17.0. The van der Waals surface area contributed by atoms with E-state index in [9.17, 15) is 14.4 Å². The molecule has 7 heteroatoms. The van der Waals surface area contributed by atoms with Crippen LogP contribution in [0.2, 0.25) is 0 Å². The predicted octanol–water partition coefficient (Wildman–Crippen LogP) is 1.47. The topological polar surface area (TPSA) is 108 Å². The lowest BCUT2D eigenvalue weighted by molar-refractivity contribution is -0.150. The third-order valence-electron chi connectivity index (χ3n) is 2.94. The second kappa shape index (κ2) is 8.33. The van der Waals surface area contributed by atoms with Crippen LogP contribution in [-0.2, 0) is 14.3 Å². The summed E-state index contributed by atoms with van der Waals surface area (Å²) in [5, 5.41) is 1.78. The highest BCUT2D eigenvalue weighted by molar-refractivity contribution is 5.94. The first-order valence-electron chi connectivity index (χ1n) is 7.08. The summed E-state index contributed by atoms with van der Waals surface area (Å²) in [7, 11) is 0. The number of nitrogens with two attached hydrogens (primary N) is 1. The molecule has 0 aromatic heterocycles. The monoisotopic (exact) mass is 328 g/mol. The predicted molar refractivity (Wildman–Crippen MR) is 86.1 cm³/mol. The molecule has 2 rings (SSSR count). The Labute approximate surface area is 138 Å². The quantitative estimate of drug-likeness (QED) is 0.781. The maximum atomic E-state index is 11.6. The van der Waals surface area contributed by atoms with E-state index in [1.54, 1.807) is 17.4 Å². The van der Waals surface area contributed by atoms with E-state index in [2.05, 4.69) is 4.74 Å². The molecule has 0 unspecified atom stereocenters. The summed E-state index contributed by atoms with van der Waals surface area (Å²) in [6, 6.07) is 15.8. The van der Waals surface area contributed by atoms with Crippen molar-refractivity contribution in [2.75, 3.05) is 13.2 Å². The maximum absolute atomic E-state index is 11.6. The number of carbonyl (C=O) groups excluding carboxylic acids is 3. The molecule has 3 N–H and O–H groups in total. The van der Waals surface area contributed by atoms with E-state index in [-0.39, 0.29) is 6.61 Å². The standard InChI is InChI=1S/C17H16N2O5/c18-17(22)19-15(20)10-24-16(21)11-23-14-9-5-4-8-13(14)12-6-2-1-3-7-12/h1-9H,10-11H2,(H3,18,19,20,22). The van der Waals surface area contributed by atoms with Gasteiger partial charge >= 0.3 is 12.0 Å². The van der Waals surface area contributed by atoms with Crippen molar-refractivity contribution >= 4 is 17.9 Å². The van der Waals surface area contributed by atoms with Gasteiger partial charge in [-0.1, -0.05) is 48.5 Å². The zero-order chi connectivity index (χ0) is 17.4. The summed E-state index contributed by atoms with van der Waals surface area (Å²) < 4.78 is 10.2. The van der Waals surface area contributed by atoms with Gasteiger partial charge < -0.3 is 15.2 Å². The van der Waals surface area contributed by atoms with Crippen molar-refractivity contribution in [1.82, 2.24) is 5.32 Å². The van der Waals surface area contributed by atoms with Gasteiger partial charge in [0.2, 0.25) is 0 Å². The van der Waals surface area contributed by atoms with Gasteiger partial charge in [-0.2, -0.15) is 0 Å². The van der Waals surface area contributed by atoms with Crippen molar-refractivity contribution < 1.29 is 23.9 Å². The normalized spacial score (nSPS) is 9.83. The number of amides is 3. The van der Waals surface area contributed by atoms with Crippen LogP contribution >= 0.6 is 0 Å². The van der Waals surface area contributed by atoms with E-state index >= 15 is 0 Å². The van der Waals surface area contributed by atoms with Crippen molar-refractivity contribution in [1.29, 1.82) is 0 Å². The van der Waals surface area contributed by atoms with Gasteiger partial charge in [-0.25, -0.2) is 9.59 Å². The van der Waals surface area contributed by atoms with E-state index < -0.39 is 24.5 Å². The molecule has 0 aliphatic heterocycles. The van der Waals surface area contributed by atoms with Crippen molar-refractivity contribution in [2.24, 2.45) is 5.73 Å².